The topological polar surface area (TPSA) is 65.3 Å². The Labute approximate surface area is 141 Å². The molecule has 7 nitrogen and oxygen atoms in total. The molecule has 2 aromatic rings. The number of fused-ring (bicyclic) bond motifs is 3. The fourth-order valence-corrected chi connectivity index (χ4v) is 3.83. The minimum atomic E-state index is 0.233. The van der Waals surface area contributed by atoms with Gasteiger partial charge in [0.1, 0.15) is 5.75 Å². The van der Waals surface area contributed by atoms with Crippen LogP contribution in [0.2, 0.25) is 0 Å². The van der Waals surface area contributed by atoms with Gasteiger partial charge in [-0.1, -0.05) is 5.21 Å². The van der Waals surface area contributed by atoms with E-state index in [0.29, 0.717) is 6.61 Å². The van der Waals surface area contributed by atoms with Crippen molar-refractivity contribution in [3.05, 3.63) is 34.9 Å². The highest BCUT2D eigenvalue weighted by atomic mass is 16.5. The van der Waals surface area contributed by atoms with E-state index in [1.807, 2.05) is 17.8 Å². The molecule has 0 spiro atoms. The van der Waals surface area contributed by atoms with Crippen molar-refractivity contribution in [3.8, 4) is 5.75 Å². The molecule has 128 valence electrons. The van der Waals surface area contributed by atoms with Gasteiger partial charge < -0.3 is 9.47 Å². The summed E-state index contributed by atoms with van der Waals surface area (Å²) in [6.07, 6.45) is 4.93. The lowest BCUT2D eigenvalue weighted by atomic mass is 10.00. The summed E-state index contributed by atoms with van der Waals surface area (Å²) in [7, 11) is 1.72. The van der Waals surface area contributed by atoms with Crippen LogP contribution in [0.1, 0.15) is 35.0 Å². The number of methoxy groups -OCH3 is 1. The second kappa shape index (κ2) is 6.14. The predicted octanol–water partition coefficient (Wildman–Crippen LogP) is 1.64. The van der Waals surface area contributed by atoms with Gasteiger partial charge in [-0.3, -0.25) is 9.88 Å². The lowest BCUT2D eigenvalue weighted by molar-refractivity contribution is -0.0671. The lowest BCUT2D eigenvalue weighted by Crippen LogP contribution is -2.47. The van der Waals surface area contributed by atoms with E-state index in [4.69, 9.17) is 9.47 Å². The molecule has 0 aliphatic carbocycles. The Morgan fingerprint density at radius 2 is 2.21 bits per heavy atom. The standard InChI is InChI=1S/C17H23N5O2/c1-11-6-18-14(12(2)17(11)23-3)8-21-5-4-16-15(9-21)22-13(10-24-16)7-19-20-22/h6-7,15-16H,4-5,8-10H2,1-3H3/t15-,16-/m0/s1. The zero-order valence-corrected chi connectivity index (χ0v) is 14.4. The van der Waals surface area contributed by atoms with Crippen molar-refractivity contribution in [3.63, 3.8) is 0 Å². The molecule has 24 heavy (non-hydrogen) atoms. The third kappa shape index (κ3) is 2.57. The van der Waals surface area contributed by atoms with Crippen molar-refractivity contribution in [2.45, 2.75) is 45.6 Å². The van der Waals surface area contributed by atoms with Gasteiger partial charge in [-0.25, -0.2) is 4.68 Å². The minimum Gasteiger partial charge on any atom is -0.496 e. The Morgan fingerprint density at radius 1 is 1.33 bits per heavy atom. The number of ether oxygens (including phenoxy) is 2. The molecule has 0 N–H and O–H groups in total. The van der Waals surface area contributed by atoms with Crippen molar-refractivity contribution in [1.29, 1.82) is 0 Å². The van der Waals surface area contributed by atoms with Gasteiger partial charge in [0.05, 0.1) is 43.4 Å². The quantitative estimate of drug-likeness (QED) is 0.853. The third-order valence-corrected chi connectivity index (χ3v) is 5.14. The number of hydrogen-bond donors (Lipinski definition) is 0. The summed E-state index contributed by atoms with van der Waals surface area (Å²) in [5.74, 6) is 0.939. The molecule has 2 aliphatic rings. The van der Waals surface area contributed by atoms with E-state index in [2.05, 4.69) is 27.1 Å². The Hall–Kier alpha value is -1.99. The van der Waals surface area contributed by atoms with Crippen molar-refractivity contribution in [2.24, 2.45) is 0 Å². The first-order chi connectivity index (χ1) is 11.7. The Bertz CT molecular complexity index is 745. The first kappa shape index (κ1) is 15.5. The zero-order chi connectivity index (χ0) is 16.7. The Morgan fingerprint density at radius 3 is 3.04 bits per heavy atom. The molecular formula is C17H23N5O2. The van der Waals surface area contributed by atoms with Gasteiger partial charge in [0, 0.05) is 37.0 Å². The normalized spacial score (nSPS) is 23.6. The van der Waals surface area contributed by atoms with Crippen LogP contribution in [0.3, 0.4) is 0 Å². The summed E-state index contributed by atoms with van der Waals surface area (Å²) in [5.41, 5.74) is 4.34. The van der Waals surface area contributed by atoms with E-state index >= 15 is 0 Å². The number of likely N-dealkylation sites (tertiary alicyclic amines) is 1. The highest BCUT2D eigenvalue weighted by Crippen LogP contribution is 2.31. The Balaban J connectivity index is 1.54. The van der Waals surface area contributed by atoms with Crippen molar-refractivity contribution >= 4 is 0 Å². The number of piperidine rings is 1. The van der Waals surface area contributed by atoms with E-state index in [1.165, 1.54) is 0 Å². The first-order valence-corrected chi connectivity index (χ1v) is 8.39. The number of nitrogens with zero attached hydrogens (tertiary/aromatic N) is 5. The fraction of sp³-hybridized carbons (Fsp3) is 0.588. The number of hydrogen-bond acceptors (Lipinski definition) is 6. The monoisotopic (exact) mass is 329 g/mol. The van der Waals surface area contributed by atoms with Gasteiger partial charge in [-0.15, -0.1) is 5.10 Å². The van der Waals surface area contributed by atoms with Crippen molar-refractivity contribution in [1.82, 2.24) is 24.9 Å². The molecule has 0 aromatic carbocycles. The maximum atomic E-state index is 5.98. The Kier molecular flexibility index (Phi) is 3.97. The molecular weight excluding hydrogens is 306 g/mol. The molecule has 1 fully saturated rings. The van der Waals surface area contributed by atoms with E-state index in [1.54, 1.807) is 13.3 Å². The number of aryl methyl sites for hydroxylation is 1. The number of aromatic nitrogens is 4. The molecule has 4 rings (SSSR count). The molecule has 0 saturated carbocycles. The van der Waals surface area contributed by atoms with Crippen molar-refractivity contribution < 1.29 is 9.47 Å². The van der Waals surface area contributed by atoms with Crippen LogP contribution in [0.25, 0.3) is 0 Å². The van der Waals surface area contributed by atoms with E-state index in [0.717, 1.165) is 54.3 Å². The summed E-state index contributed by atoms with van der Waals surface area (Å²) in [4.78, 5) is 7.05. The summed E-state index contributed by atoms with van der Waals surface area (Å²) in [6.45, 7) is 7.44. The van der Waals surface area contributed by atoms with Crippen LogP contribution in [-0.2, 0) is 17.9 Å². The van der Waals surface area contributed by atoms with Gasteiger partial charge >= 0.3 is 0 Å². The summed E-state index contributed by atoms with van der Waals surface area (Å²) in [5, 5.41) is 8.30. The summed E-state index contributed by atoms with van der Waals surface area (Å²) >= 11 is 0. The van der Waals surface area contributed by atoms with Crippen LogP contribution >= 0.6 is 0 Å². The molecule has 2 atom stereocenters. The molecule has 0 unspecified atom stereocenters. The van der Waals surface area contributed by atoms with Crippen LogP contribution in [0, 0.1) is 13.8 Å². The molecule has 0 radical (unpaired) electrons. The van der Waals surface area contributed by atoms with Crippen LogP contribution in [0.4, 0.5) is 0 Å². The minimum absolute atomic E-state index is 0.233. The molecule has 0 bridgehead atoms. The van der Waals surface area contributed by atoms with Gasteiger partial charge in [0.2, 0.25) is 0 Å². The average Bonchev–Trinajstić information content (AvgIpc) is 3.07. The number of pyridine rings is 1. The van der Waals surface area contributed by atoms with E-state index in [-0.39, 0.29) is 12.1 Å². The van der Waals surface area contributed by atoms with Gasteiger partial charge in [0.25, 0.3) is 0 Å². The van der Waals surface area contributed by atoms with Gasteiger partial charge in [-0.05, 0) is 20.3 Å². The SMILES string of the molecule is COc1c(C)cnc(CN2CC[C@@H]3OCc4cnnn4[C@H]3C2)c1C. The fourth-order valence-electron chi connectivity index (χ4n) is 3.83. The first-order valence-electron chi connectivity index (χ1n) is 8.39. The molecule has 1 saturated heterocycles. The maximum Gasteiger partial charge on any atom is 0.128 e. The second-order valence-corrected chi connectivity index (χ2v) is 6.66. The molecule has 4 heterocycles. The predicted molar refractivity (Wildman–Crippen MR) is 87.8 cm³/mol. The van der Waals surface area contributed by atoms with Crippen LogP contribution in [0.5, 0.6) is 5.75 Å². The number of rotatable bonds is 3. The van der Waals surface area contributed by atoms with E-state index in [9.17, 15) is 0 Å². The summed E-state index contributed by atoms with van der Waals surface area (Å²) in [6, 6.07) is 0.234. The van der Waals surface area contributed by atoms with Crippen molar-refractivity contribution in [2.75, 3.05) is 20.2 Å². The van der Waals surface area contributed by atoms with Crippen LogP contribution < -0.4 is 4.74 Å². The highest BCUT2D eigenvalue weighted by Gasteiger charge is 2.36. The molecule has 7 heteroatoms. The molecule has 2 aliphatic heterocycles. The van der Waals surface area contributed by atoms with Crippen LogP contribution in [-0.4, -0.2) is 51.2 Å². The molecule has 0 amide bonds. The zero-order valence-electron chi connectivity index (χ0n) is 14.4. The van der Waals surface area contributed by atoms with Gasteiger partial charge in [0.15, 0.2) is 0 Å². The largest absolute Gasteiger partial charge is 0.496 e. The van der Waals surface area contributed by atoms with E-state index < -0.39 is 0 Å². The van der Waals surface area contributed by atoms with Crippen LogP contribution in [0.15, 0.2) is 12.4 Å². The smallest absolute Gasteiger partial charge is 0.128 e. The lowest BCUT2D eigenvalue weighted by Gasteiger charge is -2.41. The highest BCUT2D eigenvalue weighted by molar-refractivity contribution is 5.41. The third-order valence-electron chi connectivity index (χ3n) is 5.14. The molecule has 2 aromatic heterocycles. The van der Waals surface area contributed by atoms with Gasteiger partial charge in [-0.2, -0.15) is 0 Å². The average molecular weight is 329 g/mol. The summed E-state index contributed by atoms with van der Waals surface area (Å²) < 4.78 is 13.5. The second-order valence-electron chi connectivity index (χ2n) is 6.66. The maximum absolute atomic E-state index is 5.98.